The van der Waals surface area contributed by atoms with Crippen LogP contribution in [0.3, 0.4) is 0 Å². The fourth-order valence-electron chi connectivity index (χ4n) is 2.57. The topological polar surface area (TPSA) is 9.23 Å². The van der Waals surface area contributed by atoms with Gasteiger partial charge in [-0.2, -0.15) is 0 Å². The van der Waals surface area contributed by atoms with Crippen LogP contribution in [0.4, 0.5) is 0 Å². The summed E-state index contributed by atoms with van der Waals surface area (Å²) in [6, 6.07) is 0. The van der Waals surface area contributed by atoms with Gasteiger partial charge in [0.05, 0.1) is 5.60 Å². The molecule has 1 rings (SSSR count). The van der Waals surface area contributed by atoms with E-state index in [2.05, 4.69) is 20.8 Å². The minimum atomic E-state index is 0.0455. The standard InChI is InChI=1S/C15H30O/c1-15(2,3)16-13-9-5-4-6-10-14-11-7-8-12-14/h14H,4-13H2,1-3H3. The van der Waals surface area contributed by atoms with E-state index in [4.69, 9.17) is 4.74 Å². The van der Waals surface area contributed by atoms with E-state index in [1.54, 1.807) is 0 Å². The smallest absolute Gasteiger partial charge is 0.0598 e. The van der Waals surface area contributed by atoms with Crippen molar-refractivity contribution in [3.05, 3.63) is 0 Å². The van der Waals surface area contributed by atoms with Gasteiger partial charge in [-0.05, 0) is 33.1 Å². The molecule has 1 nitrogen and oxygen atoms in total. The molecule has 96 valence electrons. The molecule has 0 aromatic rings. The van der Waals surface area contributed by atoms with Gasteiger partial charge in [0, 0.05) is 6.61 Å². The Labute approximate surface area is 102 Å². The Balaban J connectivity index is 1.81. The average molecular weight is 226 g/mol. The van der Waals surface area contributed by atoms with Gasteiger partial charge in [-0.15, -0.1) is 0 Å². The SMILES string of the molecule is CC(C)(C)OCCCCCCC1CCCC1. The van der Waals surface area contributed by atoms with Gasteiger partial charge < -0.3 is 4.74 Å². The van der Waals surface area contributed by atoms with Crippen molar-refractivity contribution in [2.75, 3.05) is 6.61 Å². The molecule has 1 fully saturated rings. The number of hydrogen-bond donors (Lipinski definition) is 0. The Morgan fingerprint density at radius 2 is 1.56 bits per heavy atom. The fraction of sp³-hybridized carbons (Fsp3) is 1.00. The number of hydrogen-bond acceptors (Lipinski definition) is 1. The highest BCUT2D eigenvalue weighted by Gasteiger charge is 2.13. The average Bonchev–Trinajstić information content (AvgIpc) is 2.67. The van der Waals surface area contributed by atoms with Crippen molar-refractivity contribution in [1.82, 2.24) is 0 Å². The summed E-state index contributed by atoms with van der Waals surface area (Å²) in [5.41, 5.74) is 0.0455. The molecule has 0 N–H and O–H groups in total. The van der Waals surface area contributed by atoms with Crippen molar-refractivity contribution >= 4 is 0 Å². The van der Waals surface area contributed by atoms with E-state index in [1.165, 1.54) is 57.8 Å². The third-order valence-corrected chi connectivity index (χ3v) is 3.52. The maximum Gasteiger partial charge on any atom is 0.0598 e. The number of rotatable bonds is 7. The summed E-state index contributed by atoms with van der Waals surface area (Å²) < 4.78 is 5.71. The Morgan fingerprint density at radius 3 is 2.19 bits per heavy atom. The van der Waals surface area contributed by atoms with Gasteiger partial charge in [-0.1, -0.05) is 51.4 Å². The maximum absolute atomic E-state index is 5.71. The lowest BCUT2D eigenvalue weighted by atomic mass is 9.99. The summed E-state index contributed by atoms with van der Waals surface area (Å²) in [6.07, 6.45) is 12.9. The summed E-state index contributed by atoms with van der Waals surface area (Å²) in [5.74, 6) is 1.07. The molecule has 0 amide bonds. The second-order valence-corrected chi connectivity index (χ2v) is 6.31. The normalized spacial score (nSPS) is 18.2. The van der Waals surface area contributed by atoms with Crippen LogP contribution in [0.25, 0.3) is 0 Å². The van der Waals surface area contributed by atoms with Gasteiger partial charge in [-0.3, -0.25) is 0 Å². The van der Waals surface area contributed by atoms with Crippen LogP contribution in [0.5, 0.6) is 0 Å². The van der Waals surface area contributed by atoms with Crippen molar-refractivity contribution in [2.45, 2.75) is 84.2 Å². The zero-order valence-corrected chi connectivity index (χ0v) is 11.6. The molecule has 0 aromatic heterocycles. The molecule has 0 aromatic carbocycles. The van der Waals surface area contributed by atoms with Crippen LogP contribution in [-0.4, -0.2) is 12.2 Å². The molecule has 1 aliphatic carbocycles. The first-order chi connectivity index (χ1) is 7.58. The van der Waals surface area contributed by atoms with Gasteiger partial charge in [0.2, 0.25) is 0 Å². The van der Waals surface area contributed by atoms with Crippen molar-refractivity contribution in [2.24, 2.45) is 5.92 Å². The van der Waals surface area contributed by atoms with E-state index in [0.29, 0.717) is 0 Å². The predicted molar refractivity (Wildman–Crippen MR) is 70.7 cm³/mol. The predicted octanol–water partition coefficient (Wildman–Crippen LogP) is 4.94. The van der Waals surface area contributed by atoms with Crippen LogP contribution in [0.2, 0.25) is 0 Å². The Morgan fingerprint density at radius 1 is 0.938 bits per heavy atom. The molecule has 0 saturated heterocycles. The van der Waals surface area contributed by atoms with Crippen molar-refractivity contribution in [3.8, 4) is 0 Å². The summed E-state index contributed by atoms with van der Waals surface area (Å²) in [5, 5.41) is 0. The van der Waals surface area contributed by atoms with E-state index < -0.39 is 0 Å². The summed E-state index contributed by atoms with van der Waals surface area (Å²) in [6.45, 7) is 7.33. The first kappa shape index (κ1) is 14.0. The van der Waals surface area contributed by atoms with Crippen molar-refractivity contribution < 1.29 is 4.74 Å². The Hall–Kier alpha value is -0.0400. The van der Waals surface area contributed by atoms with E-state index in [1.807, 2.05) is 0 Å². The monoisotopic (exact) mass is 226 g/mol. The van der Waals surface area contributed by atoms with Crippen molar-refractivity contribution in [3.63, 3.8) is 0 Å². The zero-order valence-electron chi connectivity index (χ0n) is 11.6. The van der Waals surface area contributed by atoms with Gasteiger partial charge in [0.15, 0.2) is 0 Å². The van der Waals surface area contributed by atoms with Gasteiger partial charge in [-0.25, -0.2) is 0 Å². The second kappa shape index (κ2) is 7.32. The highest BCUT2D eigenvalue weighted by molar-refractivity contribution is 4.67. The van der Waals surface area contributed by atoms with Crippen molar-refractivity contribution in [1.29, 1.82) is 0 Å². The van der Waals surface area contributed by atoms with Crippen LogP contribution in [0, 0.1) is 5.92 Å². The van der Waals surface area contributed by atoms with E-state index in [-0.39, 0.29) is 5.60 Å². The molecule has 16 heavy (non-hydrogen) atoms. The van der Waals surface area contributed by atoms with E-state index in [0.717, 1.165) is 12.5 Å². The Bertz CT molecular complexity index is 163. The molecule has 1 saturated carbocycles. The first-order valence-corrected chi connectivity index (χ1v) is 7.22. The zero-order chi connectivity index (χ0) is 11.9. The molecule has 0 atom stereocenters. The van der Waals surface area contributed by atoms with E-state index in [9.17, 15) is 0 Å². The first-order valence-electron chi connectivity index (χ1n) is 7.22. The third kappa shape index (κ3) is 7.27. The lowest BCUT2D eigenvalue weighted by molar-refractivity contribution is -0.00476. The molecule has 0 spiro atoms. The lowest BCUT2D eigenvalue weighted by Gasteiger charge is -2.19. The molecule has 0 aliphatic heterocycles. The third-order valence-electron chi connectivity index (χ3n) is 3.52. The highest BCUT2D eigenvalue weighted by Crippen LogP contribution is 2.29. The molecule has 0 unspecified atom stereocenters. The van der Waals surface area contributed by atoms with Crippen LogP contribution in [0.15, 0.2) is 0 Å². The minimum absolute atomic E-state index is 0.0455. The molecule has 1 aliphatic rings. The van der Waals surface area contributed by atoms with Crippen LogP contribution >= 0.6 is 0 Å². The molecular weight excluding hydrogens is 196 g/mol. The summed E-state index contributed by atoms with van der Waals surface area (Å²) in [7, 11) is 0. The maximum atomic E-state index is 5.71. The quantitative estimate of drug-likeness (QED) is 0.559. The fourth-order valence-corrected chi connectivity index (χ4v) is 2.57. The molecular formula is C15H30O. The van der Waals surface area contributed by atoms with Crippen LogP contribution in [0.1, 0.15) is 78.6 Å². The summed E-state index contributed by atoms with van der Waals surface area (Å²) in [4.78, 5) is 0. The summed E-state index contributed by atoms with van der Waals surface area (Å²) >= 11 is 0. The number of unbranched alkanes of at least 4 members (excludes halogenated alkanes) is 3. The number of ether oxygens (including phenoxy) is 1. The molecule has 0 heterocycles. The van der Waals surface area contributed by atoms with E-state index >= 15 is 0 Å². The molecule has 0 bridgehead atoms. The molecule has 1 heteroatoms. The van der Waals surface area contributed by atoms with Gasteiger partial charge in [0.25, 0.3) is 0 Å². The Kier molecular flexibility index (Phi) is 6.41. The second-order valence-electron chi connectivity index (χ2n) is 6.31. The highest BCUT2D eigenvalue weighted by atomic mass is 16.5. The molecule has 0 radical (unpaired) electrons. The van der Waals surface area contributed by atoms with Crippen LogP contribution < -0.4 is 0 Å². The lowest BCUT2D eigenvalue weighted by Crippen LogP contribution is -2.19. The largest absolute Gasteiger partial charge is 0.376 e. The van der Waals surface area contributed by atoms with Gasteiger partial charge >= 0.3 is 0 Å². The minimum Gasteiger partial charge on any atom is -0.376 e. The van der Waals surface area contributed by atoms with Gasteiger partial charge in [0.1, 0.15) is 0 Å². The van der Waals surface area contributed by atoms with Crippen LogP contribution in [-0.2, 0) is 4.74 Å².